The number of amides is 1. The Kier molecular flexibility index (Phi) is 7.70. The summed E-state index contributed by atoms with van der Waals surface area (Å²) < 4.78 is 7.27. The highest BCUT2D eigenvalue weighted by Crippen LogP contribution is 2.32. The van der Waals surface area contributed by atoms with Crippen molar-refractivity contribution in [1.29, 1.82) is 0 Å². The summed E-state index contributed by atoms with van der Waals surface area (Å²) in [6, 6.07) is 3.70. The normalized spacial score (nSPS) is 12.1. The van der Waals surface area contributed by atoms with Crippen LogP contribution >= 0.6 is 31.9 Å². The Morgan fingerprint density at radius 2 is 1.95 bits per heavy atom. The maximum Gasteiger partial charge on any atom is 0.239 e. The molecule has 1 rings (SSSR count). The Labute approximate surface area is 143 Å². The molecule has 118 valence electrons. The number of halogens is 2. The molecule has 4 nitrogen and oxygen atoms in total. The number of carbonyl (C=O) groups is 1. The predicted octanol–water partition coefficient (Wildman–Crippen LogP) is 3.57. The van der Waals surface area contributed by atoms with Gasteiger partial charge in [0.25, 0.3) is 0 Å². The van der Waals surface area contributed by atoms with Crippen molar-refractivity contribution < 1.29 is 9.53 Å². The van der Waals surface area contributed by atoms with Crippen molar-refractivity contribution in [2.75, 3.05) is 20.2 Å². The molecule has 0 bridgehead atoms. The van der Waals surface area contributed by atoms with Gasteiger partial charge in [-0.2, -0.15) is 0 Å². The van der Waals surface area contributed by atoms with Gasteiger partial charge in [-0.15, -0.1) is 0 Å². The van der Waals surface area contributed by atoms with E-state index in [1.54, 1.807) is 7.11 Å². The van der Waals surface area contributed by atoms with Crippen LogP contribution < -0.4 is 10.1 Å². The SMILES string of the molecule is CCN(CC)C(=O)C(C)NCc1cc(Br)cc(Br)c1OC. The molecule has 1 aromatic carbocycles. The maximum atomic E-state index is 12.2. The Morgan fingerprint density at radius 1 is 1.33 bits per heavy atom. The van der Waals surface area contributed by atoms with E-state index in [0.717, 1.165) is 33.3 Å². The van der Waals surface area contributed by atoms with Gasteiger partial charge in [-0.1, -0.05) is 15.9 Å². The summed E-state index contributed by atoms with van der Waals surface area (Å²) >= 11 is 6.95. The molecule has 6 heteroatoms. The van der Waals surface area contributed by atoms with Gasteiger partial charge in [-0.3, -0.25) is 4.79 Å². The summed E-state index contributed by atoms with van der Waals surface area (Å²) in [5.41, 5.74) is 0.998. The lowest BCUT2D eigenvalue weighted by atomic mass is 10.2. The molecule has 1 aromatic rings. The Morgan fingerprint density at radius 3 is 2.48 bits per heavy atom. The Balaban J connectivity index is 2.77. The van der Waals surface area contributed by atoms with Gasteiger partial charge in [-0.05, 0) is 48.8 Å². The van der Waals surface area contributed by atoms with Crippen LogP contribution in [0.3, 0.4) is 0 Å². The summed E-state index contributed by atoms with van der Waals surface area (Å²) in [6.07, 6.45) is 0. The fourth-order valence-electron chi connectivity index (χ4n) is 2.13. The molecule has 0 saturated heterocycles. The lowest BCUT2D eigenvalue weighted by Gasteiger charge is -2.24. The fourth-order valence-corrected chi connectivity index (χ4v) is 3.61. The zero-order valence-corrected chi connectivity index (χ0v) is 16.0. The fraction of sp³-hybridized carbons (Fsp3) is 0.533. The number of benzene rings is 1. The van der Waals surface area contributed by atoms with E-state index in [9.17, 15) is 4.79 Å². The smallest absolute Gasteiger partial charge is 0.239 e. The molecule has 0 aliphatic rings. The Hall–Kier alpha value is -0.590. The Bertz CT molecular complexity index is 491. The highest BCUT2D eigenvalue weighted by atomic mass is 79.9. The van der Waals surface area contributed by atoms with Crippen LogP contribution in [0, 0.1) is 0 Å². The van der Waals surface area contributed by atoms with Crippen molar-refractivity contribution in [2.45, 2.75) is 33.4 Å². The minimum Gasteiger partial charge on any atom is -0.495 e. The molecule has 0 aromatic heterocycles. The number of ether oxygens (including phenoxy) is 1. The summed E-state index contributed by atoms with van der Waals surface area (Å²) in [4.78, 5) is 14.1. The highest BCUT2D eigenvalue weighted by Gasteiger charge is 2.18. The number of methoxy groups -OCH3 is 1. The largest absolute Gasteiger partial charge is 0.495 e. The van der Waals surface area contributed by atoms with Gasteiger partial charge >= 0.3 is 0 Å². The third-order valence-corrected chi connectivity index (χ3v) is 4.38. The molecule has 21 heavy (non-hydrogen) atoms. The van der Waals surface area contributed by atoms with Gasteiger partial charge in [0, 0.05) is 29.7 Å². The van der Waals surface area contributed by atoms with E-state index in [-0.39, 0.29) is 11.9 Å². The second-order valence-corrected chi connectivity index (χ2v) is 6.46. The van der Waals surface area contributed by atoms with Crippen LogP contribution in [0.2, 0.25) is 0 Å². The van der Waals surface area contributed by atoms with Crippen LogP contribution in [0.4, 0.5) is 0 Å². The average Bonchev–Trinajstić information content (AvgIpc) is 2.45. The lowest BCUT2D eigenvalue weighted by molar-refractivity contribution is -0.132. The van der Waals surface area contributed by atoms with Crippen LogP contribution in [-0.2, 0) is 11.3 Å². The van der Waals surface area contributed by atoms with Crippen LogP contribution in [0.5, 0.6) is 5.75 Å². The molecule has 1 amide bonds. The highest BCUT2D eigenvalue weighted by molar-refractivity contribution is 9.11. The number of nitrogens with zero attached hydrogens (tertiary/aromatic N) is 1. The molecule has 0 spiro atoms. The first-order valence-corrected chi connectivity index (χ1v) is 8.57. The summed E-state index contributed by atoms with van der Waals surface area (Å²) in [5.74, 6) is 0.904. The number of nitrogens with one attached hydrogen (secondary N) is 1. The van der Waals surface area contributed by atoms with Crippen LogP contribution in [-0.4, -0.2) is 37.0 Å². The lowest BCUT2D eigenvalue weighted by Crippen LogP contribution is -2.44. The average molecular weight is 422 g/mol. The molecule has 0 fully saturated rings. The molecule has 1 atom stereocenters. The second kappa shape index (κ2) is 8.76. The molecule has 1 unspecified atom stereocenters. The van der Waals surface area contributed by atoms with Crippen molar-refractivity contribution >= 4 is 37.8 Å². The minimum atomic E-state index is -0.229. The van der Waals surface area contributed by atoms with Gasteiger partial charge < -0.3 is 15.0 Å². The van der Waals surface area contributed by atoms with E-state index in [1.807, 2.05) is 37.8 Å². The van der Waals surface area contributed by atoms with Crippen molar-refractivity contribution in [1.82, 2.24) is 10.2 Å². The van der Waals surface area contributed by atoms with Crippen LogP contribution in [0.25, 0.3) is 0 Å². The standard InChI is InChI=1S/C15H22Br2N2O2/c1-5-19(6-2)15(20)10(3)18-9-11-7-12(16)8-13(17)14(11)21-4/h7-8,10,18H,5-6,9H2,1-4H3. The van der Waals surface area contributed by atoms with Crippen LogP contribution in [0.15, 0.2) is 21.1 Å². The number of likely N-dealkylation sites (N-methyl/N-ethyl adjacent to an activating group) is 1. The maximum absolute atomic E-state index is 12.2. The summed E-state index contributed by atoms with van der Waals surface area (Å²) in [7, 11) is 1.64. The minimum absolute atomic E-state index is 0.119. The quantitative estimate of drug-likeness (QED) is 0.731. The second-order valence-electron chi connectivity index (χ2n) is 4.69. The van der Waals surface area contributed by atoms with E-state index >= 15 is 0 Å². The molecule has 0 aliphatic carbocycles. The number of hydrogen-bond acceptors (Lipinski definition) is 3. The first kappa shape index (κ1) is 18.5. The van der Waals surface area contributed by atoms with E-state index < -0.39 is 0 Å². The number of carbonyl (C=O) groups excluding carboxylic acids is 1. The zero-order valence-electron chi connectivity index (χ0n) is 12.9. The van der Waals surface area contributed by atoms with Gasteiger partial charge in [0.05, 0.1) is 17.6 Å². The molecular formula is C15H22Br2N2O2. The van der Waals surface area contributed by atoms with Crippen molar-refractivity contribution in [3.8, 4) is 5.75 Å². The first-order valence-electron chi connectivity index (χ1n) is 6.98. The van der Waals surface area contributed by atoms with E-state index in [0.29, 0.717) is 6.54 Å². The van der Waals surface area contributed by atoms with Gasteiger partial charge in [0.2, 0.25) is 5.91 Å². The molecule has 0 aliphatic heterocycles. The van der Waals surface area contributed by atoms with E-state index in [1.165, 1.54) is 0 Å². The predicted molar refractivity (Wildman–Crippen MR) is 92.6 cm³/mol. The van der Waals surface area contributed by atoms with E-state index in [4.69, 9.17) is 4.74 Å². The van der Waals surface area contributed by atoms with Crippen molar-refractivity contribution in [3.05, 3.63) is 26.6 Å². The van der Waals surface area contributed by atoms with Crippen LogP contribution in [0.1, 0.15) is 26.3 Å². The third-order valence-electron chi connectivity index (χ3n) is 3.33. The summed E-state index contributed by atoms with van der Waals surface area (Å²) in [5, 5.41) is 3.26. The molecule has 0 radical (unpaired) electrons. The third kappa shape index (κ3) is 4.97. The summed E-state index contributed by atoms with van der Waals surface area (Å²) in [6.45, 7) is 7.89. The van der Waals surface area contributed by atoms with Gasteiger partial charge in [-0.25, -0.2) is 0 Å². The van der Waals surface area contributed by atoms with E-state index in [2.05, 4.69) is 37.2 Å². The zero-order chi connectivity index (χ0) is 16.0. The molecule has 0 heterocycles. The van der Waals surface area contributed by atoms with Gasteiger partial charge in [0.1, 0.15) is 5.75 Å². The number of rotatable bonds is 7. The van der Waals surface area contributed by atoms with Crippen molar-refractivity contribution in [2.24, 2.45) is 0 Å². The van der Waals surface area contributed by atoms with Gasteiger partial charge in [0.15, 0.2) is 0 Å². The topological polar surface area (TPSA) is 41.6 Å². The first-order chi connectivity index (χ1) is 9.94. The number of hydrogen-bond donors (Lipinski definition) is 1. The monoisotopic (exact) mass is 420 g/mol. The van der Waals surface area contributed by atoms with Crippen molar-refractivity contribution in [3.63, 3.8) is 0 Å². The molecule has 1 N–H and O–H groups in total. The molecule has 0 saturated carbocycles. The molecular weight excluding hydrogens is 400 g/mol.